The Balaban J connectivity index is 0.000000463. The lowest BCUT2D eigenvalue weighted by Gasteiger charge is -2.08. The normalized spacial score (nSPS) is 13.1. The number of benzene rings is 1. The molecule has 2 rings (SSSR count). The first-order valence-corrected chi connectivity index (χ1v) is 8.97. The van der Waals surface area contributed by atoms with Crippen molar-refractivity contribution in [1.82, 2.24) is 4.57 Å². The number of hydrogen-bond acceptors (Lipinski definition) is 5. The fourth-order valence-corrected chi connectivity index (χ4v) is 2.27. The lowest BCUT2D eigenvalue weighted by atomic mass is 10.1. The summed E-state index contributed by atoms with van der Waals surface area (Å²) in [7, 11) is -7.10. The summed E-state index contributed by atoms with van der Waals surface area (Å²) in [6, 6.07) is 6.32. The third-order valence-corrected chi connectivity index (χ3v) is 3.76. The van der Waals surface area contributed by atoms with Crippen molar-refractivity contribution >= 4 is 20.5 Å². The molecule has 0 aliphatic rings. The van der Waals surface area contributed by atoms with Crippen LogP contribution in [0.5, 0.6) is 0 Å². The van der Waals surface area contributed by atoms with Gasteiger partial charge in [-0.05, 0) is 24.6 Å². The predicted octanol–water partition coefficient (Wildman–Crippen LogP) is 0.173. The second kappa shape index (κ2) is 7.19. The van der Waals surface area contributed by atoms with Crippen LogP contribution in [0.1, 0.15) is 18.5 Å². The molecular formula is C12H16N2O7S2. The SMILES string of the molecule is CC(c1ccc(S(=O)(=O)O)cc1)n1cc[n+](C)c1.O=S(=O)([O-])O. The van der Waals surface area contributed by atoms with Gasteiger partial charge in [-0.2, -0.15) is 8.42 Å². The topological polar surface area (TPSA) is 141 Å². The van der Waals surface area contributed by atoms with Gasteiger partial charge in [-0.3, -0.25) is 9.11 Å². The molecule has 0 aliphatic heterocycles. The monoisotopic (exact) mass is 364 g/mol. The van der Waals surface area contributed by atoms with E-state index in [2.05, 4.69) is 0 Å². The first kappa shape index (κ1) is 19.3. The van der Waals surface area contributed by atoms with E-state index in [4.69, 9.17) is 22.1 Å². The van der Waals surface area contributed by atoms with Crippen LogP contribution < -0.4 is 4.57 Å². The second-order valence-corrected chi connectivity index (χ2v) is 6.95. The first-order valence-electron chi connectivity index (χ1n) is 6.16. The molecule has 0 bridgehead atoms. The zero-order valence-electron chi connectivity index (χ0n) is 12.3. The number of imidazole rings is 1. The molecule has 2 N–H and O–H groups in total. The lowest BCUT2D eigenvalue weighted by Crippen LogP contribution is -2.24. The Morgan fingerprint density at radius 1 is 1.13 bits per heavy atom. The zero-order chi connectivity index (χ0) is 17.8. The molecule has 0 saturated carbocycles. The van der Waals surface area contributed by atoms with Crippen LogP contribution in [0.2, 0.25) is 0 Å². The van der Waals surface area contributed by atoms with Gasteiger partial charge in [-0.15, -0.1) is 0 Å². The van der Waals surface area contributed by atoms with Crippen LogP contribution >= 0.6 is 0 Å². The van der Waals surface area contributed by atoms with E-state index < -0.39 is 20.5 Å². The average Bonchev–Trinajstić information content (AvgIpc) is 2.82. The van der Waals surface area contributed by atoms with Crippen molar-refractivity contribution in [2.24, 2.45) is 7.05 Å². The molecule has 1 aromatic heterocycles. The van der Waals surface area contributed by atoms with Gasteiger partial charge in [0.05, 0.1) is 11.9 Å². The summed E-state index contributed by atoms with van der Waals surface area (Å²) in [6.45, 7) is 2.02. The molecule has 0 amide bonds. The summed E-state index contributed by atoms with van der Waals surface area (Å²) in [5, 5.41) is 0. The van der Waals surface area contributed by atoms with Crippen molar-refractivity contribution in [3.63, 3.8) is 0 Å². The molecule has 1 atom stereocenters. The molecule has 0 fully saturated rings. The van der Waals surface area contributed by atoms with E-state index in [-0.39, 0.29) is 10.9 Å². The highest BCUT2D eigenvalue weighted by Gasteiger charge is 2.15. The Hall–Kier alpha value is -1.79. The van der Waals surface area contributed by atoms with Gasteiger partial charge in [-0.25, -0.2) is 17.6 Å². The fourth-order valence-electron chi connectivity index (χ4n) is 1.79. The average molecular weight is 364 g/mol. The number of aromatic nitrogens is 2. The van der Waals surface area contributed by atoms with Crippen LogP contribution in [-0.2, 0) is 27.6 Å². The van der Waals surface area contributed by atoms with E-state index in [0.717, 1.165) is 5.56 Å². The van der Waals surface area contributed by atoms with Gasteiger partial charge >= 0.3 is 0 Å². The second-order valence-electron chi connectivity index (χ2n) is 4.67. The Kier molecular flexibility index (Phi) is 6.02. The summed E-state index contributed by atoms with van der Waals surface area (Å²) in [6.07, 6.45) is 5.83. The van der Waals surface area contributed by atoms with E-state index in [9.17, 15) is 8.42 Å². The number of hydrogen-bond donors (Lipinski definition) is 2. The lowest BCUT2D eigenvalue weighted by molar-refractivity contribution is -0.671. The quantitative estimate of drug-likeness (QED) is 0.449. The highest BCUT2D eigenvalue weighted by molar-refractivity contribution is 7.85. The Bertz CT molecular complexity index is 847. The van der Waals surface area contributed by atoms with Crippen LogP contribution in [0.4, 0.5) is 0 Å². The number of aryl methyl sites for hydroxylation is 1. The van der Waals surface area contributed by atoms with Gasteiger partial charge < -0.3 is 4.55 Å². The molecule has 0 spiro atoms. The largest absolute Gasteiger partial charge is 0.726 e. The maximum absolute atomic E-state index is 10.9. The summed E-state index contributed by atoms with van der Waals surface area (Å²) in [4.78, 5) is -0.0866. The van der Waals surface area contributed by atoms with Crippen LogP contribution in [0.25, 0.3) is 0 Å². The van der Waals surface area contributed by atoms with Gasteiger partial charge in [0, 0.05) is 0 Å². The third kappa shape index (κ3) is 6.88. The molecule has 0 radical (unpaired) electrons. The first-order chi connectivity index (χ1) is 10.4. The van der Waals surface area contributed by atoms with Crippen molar-refractivity contribution in [2.75, 3.05) is 0 Å². The number of rotatable bonds is 3. The minimum atomic E-state index is -4.92. The summed E-state index contributed by atoms with van der Waals surface area (Å²) in [5.41, 5.74) is 0.971. The van der Waals surface area contributed by atoms with E-state index in [1.54, 1.807) is 12.1 Å². The van der Waals surface area contributed by atoms with Crippen LogP contribution in [-0.4, -0.2) is 35.1 Å². The minimum Gasteiger partial charge on any atom is -0.726 e. The highest BCUT2D eigenvalue weighted by atomic mass is 32.3. The molecule has 128 valence electrons. The smallest absolute Gasteiger partial charge is 0.294 e. The zero-order valence-corrected chi connectivity index (χ0v) is 13.9. The molecule has 0 saturated heterocycles. The summed E-state index contributed by atoms with van der Waals surface area (Å²) >= 11 is 0. The molecule has 2 aromatic rings. The van der Waals surface area contributed by atoms with Gasteiger partial charge in [0.1, 0.15) is 18.4 Å². The van der Waals surface area contributed by atoms with Crippen molar-refractivity contribution in [3.05, 3.63) is 48.5 Å². The fraction of sp³-hybridized carbons (Fsp3) is 0.250. The Labute approximate surface area is 134 Å². The molecule has 1 unspecified atom stereocenters. The molecule has 1 aromatic carbocycles. The van der Waals surface area contributed by atoms with Crippen molar-refractivity contribution in [3.8, 4) is 0 Å². The van der Waals surface area contributed by atoms with E-state index in [0.29, 0.717) is 0 Å². The van der Waals surface area contributed by atoms with Gasteiger partial charge in [-0.1, -0.05) is 12.1 Å². The number of nitrogens with zero attached hydrogens (tertiary/aromatic N) is 2. The van der Waals surface area contributed by atoms with Gasteiger partial charge in [0.2, 0.25) is 16.7 Å². The molecule has 9 nitrogen and oxygen atoms in total. The van der Waals surface area contributed by atoms with Crippen molar-refractivity contribution < 1.29 is 35.1 Å². The maximum atomic E-state index is 10.9. The molecule has 23 heavy (non-hydrogen) atoms. The summed E-state index contributed by atoms with van der Waals surface area (Å²) in [5.74, 6) is 0. The standard InChI is InChI=1S/C12H14N2O3S.H2O4S/c1-10(14-8-7-13(2)9-14)11-3-5-12(6-4-11)18(15,16)17;1-5(2,3)4/h3-10H,1-2H3;(H2,1,2,3,4). The Morgan fingerprint density at radius 3 is 1.96 bits per heavy atom. The van der Waals surface area contributed by atoms with Crippen molar-refractivity contribution in [1.29, 1.82) is 0 Å². The summed E-state index contributed by atoms with van der Waals surface area (Å²) < 4.78 is 67.6. The van der Waals surface area contributed by atoms with E-state index in [1.807, 2.05) is 41.8 Å². The van der Waals surface area contributed by atoms with Crippen LogP contribution in [0.15, 0.2) is 47.9 Å². The van der Waals surface area contributed by atoms with E-state index in [1.165, 1.54) is 12.1 Å². The molecular weight excluding hydrogens is 348 g/mol. The maximum Gasteiger partial charge on any atom is 0.294 e. The molecule has 1 heterocycles. The van der Waals surface area contributed by atoms with Crippen molar-refractivity contribution in [2.45, 2.75) is 17.9 Å². The van der Waals surface area contributed by atoms with Crippen LogP contribution in [0.3, 0.4) is 0 Å². The molecule has 0 aliphatic carbocycles. The van der Waals surface area contributed by atoms with Gasteiger partial charge in [0.15, 0.2) is 0 Å². The Morgan fingerprint density at radius 2 is 1.61 bits per heavy atom. The van der Waals surface area contributed by atoms with E-state index >= 15 is 0 Å². The molecule has 11 heteroatoms. The minimum absolute atomic E-state index is 0.0866. The predicted molar refractivity (Wildman–Crippen MR) is 78.0 cm³/mol. The van der Waals surface area contributed by atoms with Gasteiger partial charge in [0.25, 0.3) is 10.1 Å². The third-order valence-electron chi connectivity index (χ3n) is 2.90. The highest BCUT2D eigenvalue weighted by Crippen LogP contribution is 2.19. The van der Waals surface area contributed by atoms with Crippen LogP contribution in [0, 0.1) is 0 Å².